The largest absolute Gasteiger partial charge is 0.503 e. The van der Waals surface area contributed by atoms with Crippen LogP contribution in [0.5, 0.6) is 5.75 Å². The molecule has 1 atom stereocenters. The quantitative estimate of drug-likeness (QED) is 0.281. The normalized spacial score (nSPS) is 16.2. The van der Waals surface area contributed by atoms with Crippen molar-refractivity contribution in [2.45, 2.75) is 32.2 Å². The molecule has 2 heterocycles. The number of hydrogen-bond acceptors (Lipinski definition) is 6. The maximum absolute atomic E-state index is 13.5. The van der Waals surface area contributed by atoms with Gasteiger partial charge in [-0.25, -0.2) is 4.98 Å². The summed E-state index contributed by atoms with van der Waals surface area (Å²) < 4.78 is 6.16. The van der Waals surface area contributed by atoms with Crippen molar-refractivity contribution in [1.82, 2.24) is 4.98 Å². The van der Waals surface area contributed by atoms with Crippen molar-refractivity contribution >= 4 is 44.5 Å². The molecule has 0 aliphatic carbocycles. The van der Waals surface area contributed by atoms with Gasteiger partial charge in [-0.15, -0.1) is 0 Å². The Morgan fingerprint density at radius 3 is 2.42 bits per heavy atom. The second-order valence-electron chi connectivity index (χ2n) is 10.2. The Bertz CT molecular complexity index is 1580. The number of carbonyl (C=O) groups excluding carboxylic acids is 2. The summed E-state index contributed by atoms with van der Waals surface area (Å²) in [5, 5.41) is 11.4. The number of allylic oxidation sites excluding steroid dienone is 1. The molecule has 38 heavy (non-hydrogen) atoms. The predicted octanol–water partition coefficient (Wildman–Crippen LogP) is 6.78. The first kappa shape index (κ1) is 25.4. The fourth-order valence-electron chi connectivity index (χ4n) is 4.48. The number of aliphatic hydroxyl groups is 1. The smallest absolute Gasteiger partial charge is 0.296 e. The van der Waals surface area contributed by atoms with Gasteiger partial charge in [-0.1, -0.05) is 92.8 Å². The molecule has 1 aliphatic rings. The summed E-state index contributed by atoms with van der Waals surface area (Å²) in [7, 11) is 1.59. The molecule has 4 aromatic rings. The van der Waals surface area contributed by atoms with Crippen LogP contribution in [0.15, 0.2) is 90.2 Å². The second kappa shape index (κ2) is 9.91. The van der Waals surface area contributed by atoms with Gasteiger partial charge in [0.15, 0.2) is 16.7 Å². The number of aliphatic hydroxyl groups excluding tert-OH is 1. The molecular weight excluding hydrogens is 496 g/mol. The van der Waals surface area contributed by atoms with Crippen LogP contribution in [0.4, 0.5) is 5.13 Å². The van der Waals surface area contributed by atoms with Gasteiger partial charge in [-0.3, -0.25) is 14.5 Å². The Morgan fingerprint density at radius 1 is 1.05 bits per heavy atom. The summed E-state index contributed by atoms with van der Waals surface area (Å²) in [6.07, 6.45) is 3.08. The van der Waals surface area contributed by atoms with Gasteiger partial charge in [0.1, 0.15) is 5.75 Å². The first-order valence-electron chi connectivity index (χ1n) is 12.3. The highest BCUT2D eigenvalue weighted by Crippen LogP contribution is 2.44. The molecule has 192 valence electrons. The number of amides is 1. The number of benzene rings is 3. The lowest BCUT2D eigenvalue weighted by molar-refractivity contribution is -0.117. The van der Waals surface area contributed by atoms with E-state index >= 15 is 0 Å². The second-order valence-corrected chi connectivity index (χ2v) is 11.2. The monoisotopic (exact) mass is 524 g/mol. The molecule has 0 saturated carbocycles. The van der Waals surface area contributed by atoms with Crippen LogP contribution in [0.2, 0.25) is 0 Å². The topological polar surface area (TPSA) is 79.7 Å². The van der Waals surface area contributed by atoms with Crippen molar-refractivity contribution in [2.75, 3.05) is 12.0 Å². The van der Waals surface area contributed by atoms with Gasteiger partial charge in [0, 0.05) is 0 Å². The van der Waals surface area contributed by atoms with E-state index in [9.17, 15) is 14.7 Å². The summed E-state index contributed by atoms with van der Waals surface area (Å²) in [5.74, 6) is -0.973. The number of rotatable bonds is 6. The van der Waals surface area contributed by atoms with Crippen LogP contribution < -0.4 is 9.64 Å². The number of thiazole rings is 1. The van der Waals surface area contributed by atoms with Crippen molar-refractivity contribution in [2.24, 2.45) is 0 Å². The van der Waals surface area contributed by atoms with Crippen molar-refractivity contribution in [3.05, 3.63) is 107 Å². The maximum Gasteiger partial charge on any atom is 0.296 e. The van der Waals surface area contributed by atoms with E-state index in [4.69, 9.17) is 4.74 Å². The molecule has 1 aromatic heterocycles. The summed E-state index contributed by atoms with van der Waals surface area (Å²) >= 11 is 1.31. The third kappa shape index (κ3) is 4.73. The van der Waals surface area contributed by atoms with Crippen LogP contribution in [-0.4, -0.2) is 28.9 Å². The average molecular weight is 525 g/mol. The number of aromatic nitrogens is 1. The minimum Gasteiger partial charge on any atom is -0.503 e. The summed E-state index contributed by atoms with van der Waals surface area (Å²) in [5.41, 5.74) is 3.34. The molecule has 0 bridgehead atoms. The lowest BCUT2D eigenvalue weighted by Gasteiger charge is -2.25. The van der Waals surface area contributed by atoms with E-state index in [1.54, 1.807) is 19.3 Å². The Balaban J connectivity index is 1.60. The molecule has 0 saturated heterocycles. The van der Waals surface area contributed by atoms with E-state index < -0.39 is 23.5 Å². The highest BCUT2D eigenvalue weighted by Gasteiger charge is 2.45. The highest BCUT2D eigenvalue weighted by atomic mass is 32.1. The van der Waals surface area contributed by atoms with E-state index in [2.05, 4.69) is 25.8 Å². The van der Waals surface area contributed by atoms with Crippen molar-refractivity contribution < 1.29 is 19.4 Å². The summed E-state index contributed by atoms with van der Waals surface area (Å²) in [4.78, 5) is 33.1. The van der Waals surface area contributed by atoms with Gasteiger partial charge in [-0.2, -0.15) is 0 Å². The van der Waals surface area contributed by atoms with E-state index in [1.807, 2.05) is 66.7 Å². The number of methoxy groups -OCH3 is 1. The summed E-state index contributed by atoms with van der Waals surface area (Å²) in [6, 6.07) is 21.9. The van der Waals surface area contributed by atoms with E-state index in [0.717, 1.165) is 15.8 Å². The van der Waals surface area contributed by atoms with E-state index in [1.165, 1.54) is 22.3 Å². The van der Waals surface area contributed by atoms with Gasteiger partial charge < -0.3 is 9.84 Å². The van der Waals surface area contributed by atoms with Gasteiger partial charge in [0.05, 0.1) is 28.9 Å². The Labute approximate surface area is 225 Å². The molecule has 5 rings (SSSR count). The Hall–Kier alpha value is -4.23. The molecule has 0 radical (unpaired) electrons. The SMILES string of the molecule is COc1ccc2nc(N3C(=O)C(O)=C(C(=O)/C=C/c4ccccc4)C3c3ccc(C(C)(C)C)cc3)sc2c1. The van der Waals surface area contributed by atoms with Crippen molar-refractivity contribution in [3.63, 3.8) is 0 Å². The highest BCUT2D eigenvalue weighted by molar-refractivity contribution is 7.22. The number of ketones is 1. The zero-order chi connectivity index (χ0) is 27.0. The fraction of sp³-hybridized carbons (Fsp3) is 0.194. The lowest BCUT2D eigenvalue weighted by Crippen LogP contribution is -2.30. The van der Waals surface area contributed by atoms with Gasteiger partial charge in [-0.05, 0) is 46.4 Å². The molecule has 1 N–H and O–H groups in total. The number of fused-ring (bicyclic) bond motifs is 1. The fourth-order valence-corrected chi connectivity index (χ4v) is 5.50. The first-order chi connectivity index (χ1) is 18.2. The van der Waals surface area contributed by atoms with E-state index in [0.29, 0.717) is 22.0 Å². The Morgan fingerprint density at radius 2 is 1.76 bits per heavy atom. The zero-order valence-electron chi connectivity index (χ0n) is 21.6. The number of nitrogens with zero attached hydrogens (tertiary/aromatic N) is 2. The minimum atomic E-state index is -0.827. The molecule has 1 unspecified atom stereocenters. The molecule has 0 fully saturated rings. The number of hydrogen-bond donors (Lipinski definition) is 1. The molecule has 0 spiro atoms. The Kier molecular flexibility index (Phi) is 6.63. The lowest BCUT2D eigenvalue weighted by atomic mass is 9.85. The van der Waals surface area contributed by atoms with Crippen LogP contribution in [0.1, 0.15) is 43.5 Å². The van der Waals surface area contributed by atoms with Gasteiger partial charge in [0.2, 0.25) is 0 Å². The number of ether oxygens (including phenoxy) is 1. The van der Waals surface area contributed by atoms with Gasteiger partial charge >= 0.3 is 0 Å². The molecular formula is C31H28N2O4S. The van der Waals surface area contributed by atoms with Crippen LogP contribution >= 0.6 is 11.3 Å². The molecule has 1 aliphatic heterocycles. The third-order valence-corrected chi connectivity index (χ3v) is 7.60. The molecule has 7 heteroatoms. The maximum atomic E-state index is 13.5. The van der Waals surface area contributed by atoms with Crippen LogP contribution in [0.25, 0.3) is 16.3 Å². The third-order valence-electron chi connectivity index (χ3n) is 6.58. The standard InChI is InChI=1S/C31H28N2O4S/c1-31(2,3)21-13-11-20(12-14-21)27-26(24(34)17-10-19-8-6-5-7-9-19)28(35)29(36)33(27)30-32-23-16-15-22(37-4)18-25(23)38-30/h5-18,27,35H,1-4H3/b17-10+. The first-order valence-corrected chi connectivity index (χ1v) is 13.1. The van der Waals surface area contributed by atoms with Gasteiger partial charge in [0.25, 0.3) is 5.91 Å². The number of carbonyl (C=O) groups is 2. The zero-order valence-corrected chi connectivity index (χ0v) is 22.5. The van der Waals surface area contributed by atoms with E-state index in [-0.39, 0.29) is 11.0 Å². The van der Waals surface area contributed by atoms with Crippen LogP contribution in [0, 0.1) is 0 Å². The van der Waals surface area contributed by atoms with Crippen molar-refractivity contribution in [3.8, 4) is 5.75 Å². The summed E-state index contributed by atoms with van der Waals surface area (Å²) in [6.45, 7) is 6.37. The van der Waals surface area contributed by atoms with Crippen LogP contribution in [0.3, 0.4) is 0 Å². The van der Waals surface area contributed by atoms with Crippen molar-refractivity contribution in [1.29, 1.82) is 0 Å². The molecule has 6 nitrogen and oxygen atoms in total. The average Bonchev–Trinajstić information content (AvgIpc) is 3.45. The predicted molar refractivity (Wildman–Crippen MR) is 152 cm³/mol. The molecule has 1 amide bonds. The molecule has 3 aromatic carbocycles. The van der Waals surface area contributed by atoms with Crippen LogP contribution in [-0.2, 0) is 15.0 Å². The number of anilines is 1. The minimum absolute atomic E-state index is 0.0301.